The molecule has 0 saturated heterocycles. The molecule has 8 N–H and O–H groups in total. The van der Waals surface area contributed by atoms with Crippen LogP contribution in [-0.4, -0.2) is 39.6 Å². The van der Waals surface area contributed by atoms with Gasteiger partial charge in [0.1, 0.15) is 11.5 Å². The molecule has 11 heteroatoms. The van der Waals surface area contributed by atoms with E-state index >= 15 is 0 Å². The Hall–Kier alpha value is -3.73. The molecule has 49 heavy (non-hydrogen) atoms. The summed E-state index contributed by atoms with van der Waals surface area (Å²) in [6.45, 7) is 15.9. The Bertz CT molecular complexity index is 1800. The van der Waals surface area contributed by atoms with Gasteiger partial charge in [0.25, 0.3) is 0 Å². The maximum atomic E-state index is 14.1. The minimum absolute atomic E-state index is 0.0390. The van der Waals surface area contributed by atoms with E-state index in [9.17, 15) is 9.18 Å². The van der Waals surface area contributed by atoms with Crippen molar-refractivity contribution < 1.29 is 4.39 Å². The van der Waals surface area contributed by atoms with Crippen LogP contribution in [0.2, 0.25) is 5.02 Å². The number of hydrogen-bond donors (Lipinski definition) is 5. The molecular weight excluding hydrogens is 639 g/mol. The van der Waals surface area contributed by atoms with Crippen molar-refractivity contribution in [3.63, 3.8) is 0 Å². The highest BCUT2D eigenvalue weighted by molar-refractivity contribution is 6.30. The van der Waals surface area contributed by atoms with E-state index < -0.39 is 0 Å². The number of aliphatic imine (C=N–C) groups is 1. The Labute approximate surface area is 294 Å². The van der Waals surface area contributed by atoms with Crippen molar-refractivity contribution >= 4 is 28.6 Å². The smallest absolute Gasteiger partial charge is 0.354 e. The second-order valence-corrected chi connectivity index (χ2v) is 15.8. The zero-order chi connectivity index (χ0) is 36.1. The number of aromatic amines is 1. The number of nitrogens with zero attached hydrogens (tertiary/aromatic N) is 3. The Morgan fingerprint density at radius 1 is 1.10 bits per heavy atom. The fourth-order valence-corrected chi connectivity index (χ4v) is 6.41. The van der Waals surface area contributed by atoms with Gasteiger partial charge in [0.15, 0.2) is 5.96 Å². The van der Waals surface area contributed by atoms with Crippen molar-refractivity contribution in [3.05, 3.63) is 92.4 Å². The van der Waals surface area contributed by atoms with Gasteiger partial charge in [-0.3, -0.25) is 9.56 Å². The highest BCUT2D eigenvalue weighted by Gasteiger charge is 2.25. The third-order valence-corrected chi connectivity index (χ3v) is 9.34. The summed E-state index contributed by atoms with van der Waals surface area (Å²) in [5, 5.41) is 4.60. The van der Waals surface area contributed by atoms with E-state index in [2.05, 4.69) is 54.0 Å². The van der Waals surface area contributed by atoms with Crippen molar-refractivity contribution in [3.8, 4) is 5.69 Å². The number of hydrogen-bond acceptors (Lipinski definition) is 5. The topological polar surface area (TPSA) is 153 Å². The Morgan fingerprint density at radius 2 is 1.80 bits per heavy atom. The molecule has 2 aromatic carbocycles. The molecule has 1 aliphatic rings. The maximum absolute atomic E-state index is 14.1. The molecule has 1 fully saturated rings. The molecule has 0 radical (unpaired) electrons. The number of nitrogens with two attached hydrogens (primary N) is 3. The predicted octanol–water partition coefficient (Wildman–Crippen LogP) is 6.77. The summed E-state index contributed by atoms with van der Waals surface area (Å²) >= 11 is 6.04. The van der Waals surface area contributed by atoms with Crippen LogP contribution in [0.25, 0.3) is 16.7 Å². The lowest BCUT2D eigenvalue weighted by molar-refractivity contribution is 0.512. The summed E-state index contributed by atoms with van der Waals surface area (Å²) in [6.07, 6.45) is 6.99. The third-order valence-electron chi connectivity index (χ3n) is 9.07. The summed E-state index contributed by atoms with van der Waals surface area (Å²) in [4.78, 5) is 24.0. The van der Waals surface area contributed by atoms with Crippen molar-refractivity contribution in [2.45, 2.75) is 103 Å². The average Bonchev–Trinajstić information content (AvgIpc) is 3.63. The van der Waals surface area contributed by atoms with Gasteiger partial charge in [0.05, 0.1) is 10.7 Å². The van der Waals surface area contributed by atoms with Crippen molar-refractivity contribution in [2.75, 3.05) is 13.1 Å². The second kappa shape index (κ2) is 15.9. The van der Waals surface area contributed by atoms with Crippen LogP contribution in [0.1, 0.15) is 103 Å². The SMILES string of the molecule is CC(C)(C)c1cc(CC2CCC(N)C2)cc(Cl)c1F.C[C@H](NCCCN=C(N)N)c1ccc(-n2cc3cc(C(C)(C)C)[nH]c3nc2=O)cc1. The Morgan fingerprint density at radius 3 is 2.39 bits per heavy atom. The summed E-state index contributed by atoms with van der Waals surface area (Å²) in [5.74, 6) is 0.459. The molecule has 2 heterocycles. The van der Waals surface area contributed by atoms with Crippen molar-refractivity contribution in [1.29, 1.82) is 0 Å². The van der Waals surface area contributed by atoms with E-state index in [0.717, 1.165) is 60.1 Å². The largest absolute Gasteiger partial charge is 0.370 e. The van der Waals surface area contributed by atoms with E-state index in [0.29, 0.717) is 29.7 Å². The summed E-state index contributed by atoms with van der Waals surface area (Å²) < 4.78 is 15.7. The first-order valence-electron chi connectivity index (χ1n) is 17.2. The first-order chi connectivity index (χ1) is 22.9. The van der Waals surface area contributed by atoms with E-state index in [1.54, 1.807) is 10.6 Å². The number of nitrogens with one attached hydrogen (secondary N) is 2. The Kier molecular flexibility index (Phi) is 12.3. The van der Waals surface area contributed by atoms with E-state index in [1.807, 2.05) is 57.3 Å². The van der Waals surface area contributed by atoms with Gasteiger partial charge in [-0.25, -0.2) is 9.18 Å². The van der Waals surface area contributed by atoms with Gasteiger partial charge in [-0.15, -0.1) is 0 Å². The molecule has 9 nitrogen and oxygen atoms in total. The van der Waals surface area contributed by atoms with Crippen LogP contribution in [0.15, 0.2) is 58.4 Å². The molecule has 2 aromatic heterocycles. The number of benzene rings is 2. The Balaban J connectivity index is 0.000000244. The first kappa shape index (κ1) is 38.1. The van der Waals surface area contributed by atoms with E-state index in [4.69, 9.17) is 28.8 Å². The quantitative estimate of drug-likeness (QED) is 0.0741. The second-order valence-electron chi connectivity index (χ2n) is 15.4. The third kappa shape index (κ3) is 10.4. The number of halogens is 2. The van der Waals surface area contributed by atoms with Gasteiger partial charge in [-0.1, -0.05) is 71.3 Å². The summed E-state index contributed by atoms with van der Waals surface area (Å²) in [6, 6.07) is 14.3. The monoisotopic (exact) mass is 692 g/mol. The predicted molar refractivity (Wildman–Crippen MR) is 201 cm³/mol. The standard InChI is InChI=1S/C22H31N7O.C16H23ClFN/c1-14(25-10-5-11-26-20(23)24)15-6-8-17(9-7-15)29-13-16-12-18(22(2,3)4)27-19(16)28-21(29)30;1-16(2,3)13-8-11(9-14(17)15(13)18)6-10-4-5-12(19)7-10/h6-9,12-14,25H,5,10-11H2,1-4H3,(H4,23,24,26)(H,27,28,30);8-10,12H,4-7,19H2,1-3H3/t14-;/m0./s1. The number of H-pyrrole nitrogens is 1. The molecule has 0 spiro atoms. The first-order valence-corrected chi connectivity index (χ1v) is 17.6. The molecule has 0 aliphatic heterocycles. The van der Waals surface area contributed by atoms with Gasteiger partial charge in [0, 0.05) is 41.3 Å². The molecule has 0 bridgehead atoms. The van der Waals surface area contributed by atoms with Crippen LogP contribution < -0.4 is 28.2 Å². The minimum Gasteiger partial charge on any atom is -0.370 e. The fraction of sp³-hybridized carbons (Fsp3) is 0.500. The molecule has 5 rings (SSSR count). The van der Waals surface area contributed by atoms with Crippen LogP contribution in [0.3, 0.4) is 0 Å². The zero-order valence-electron chi connectivity index (χ0n) is 30.0. The van der Waals surface area contributed by atoms with Crippen LogP contribution in [0.5, 0.6) is 0 Å². The number of fused-ring (bicyclic) bond motifs is 1. The highest BCUT2D eigenvalue weighted by Crippen LogP contribution is 2.34. The van der Waals surface area contributed by atoms with Gasteiger partial charge in [0.2, 0.25) is 0 Å². The molecular formula is C38H54ClFN8O. The van der Waals surface area contributed by atoms with E-state index in [-0.39, 0.29) is 39.4 Å². The molecule has 3 atom stereocenters. The summed E-state index contributed by atoms with van der Waals surface area (Å²) in [7, 11) is 0. The number of rotatable bonds is 9. The molecule has 2 unspecified atom stereocenters. The normalized spacial score (nSPS) is 17.1. The molecule has 1 saturated carbocycles. The summed E-state index contributed by atoms with van der Waals surface area (Å²) in [5.41, 5.74) is 21.5. The van der Waals surface area contributed by atoms with Crippen molar-refractivity contribution in [1.82, 2.24) is 19.9 Å². The minimum atomic E-state index is -0.302. The van der Waals surface area contributed by atoms with Crippen LogP contribution >= 0.6 is 11.6 Å². The number of guanidine groups is 1. The molecule has 1 aliphatic carbocycles. The maximum Gasteiger partial charge on any atom is 0.354 e. The fourth-order valence-electron chi connectivity index (χ4n) is 6.17. The molecule has 0 amide bonds. The lowest BCUT2D eigenvalue weighted by Crippen LogP contribution is -2.24. The van der Waals surface area contributed by atoms with Crippen LogP contribution in [-0.2, 0) is 17.3 Å². The van der Waals surface area contributed by atoms with Gasteiger partial charge < -0.3 is 27.5 Å². The van der Waals surface area contributed by atoms with Crippen LogP contribution in [0, 0.1) is 11.7 Å². The van der Waals surface area contributed by atoms with Gasteiger partial charge in [-0.05, 0) is 97.9 Å². The van der Waals surface area contributed by atoms with Crippen molar-refractivity contribution in [2.24, 2.45) is 28.1 Å². The van der Waals surface area contributed by atoms with E-state index in [1.165, 1.54) is 6.42 Å². The lowest BCUT2D eigenvalue weighted by atomic mass is 9.84. The highest BCUT2D eigenvalue weighted by atomic mass is 35.5. The van der Waals surface area contributed by atoms with Crippen LogP contribution in [0.4, 0.5) is 4.39 Å². The van der Waals surface area contributed by atoms with Gasteiger partial charge in [-0.2, -0.15) is 4.98 Å². The molecule has 266 valence electrons. The molecule has 4 aromatic rings. The zero-order valence-corrected chi connectivity index (χ0v) is 30.8. The number of aromatic nitrogens is 3. The average molecular weight is 693 g/mol. The van der Waals surface area contributed by atoms with Gasteiger partial charge >= 0.3 is 5.69 Å². The lowest BCUT2D eigenvalue weighted by Gasteiger charge is -2.22.